The third kappa shape index (κ3) is 3.98. The van der Waals surface area contributed by atoms with Gasteiger partial charge in [0.05, 0.1) is 5.52 Å². The van der Waals surface area contributed by atoms with Gasteiger partial charge in [0.1, 0.15) is 5.82 Å². The average Bonchev–Trinajstić information content (AvgIpc) is 3.15. The molecule has 2 saturated heterocycles. The number of aromatic nitrogens is 3. The molecule has 0 spiro atoms. The van der Waals surface area contributed by atoms with Gasteiger partial charge in [-0.05, 0) is 24.3 Å². The minimum atomic E-state index is -0.0426. The number of nitrogens with zero attached hydrogens (tertiary/aromatic N) is 6. The van der Waals surface area contributed by atoms with E-state index in [4.69, 9.17) is 9.97 Å². The second-order valence-electron chi connectivity index (χ2n) is 7.90. The molecule has 0 N–H and O–H groups in total. The zero-order valence-corrected chi connectivity index (χ0v) is 17.3. The van der Waals surface area contributed by atoms with Crippen LogP contribution in [0.4, 0.5) is 5.82 Å². The maximum Gasteiger partial charge on any atom is 0.229 e. The number of anilines is 1. The molecular weight excluding hydrogens is 392 g/mol. The van der Waals surface area contributed by atoms with E-state index in [0.717, 1.165) is 55.0 Å². The van der Waals surface area contributed by atoms with Crippen LogP contribution in [0.15, 0.2) is 48.8 Å². The van der Waals surface area contributed by atoms with Crippen molar-refractivity contribution in [2.75, 3.05) is 44.2 Å². The Balaban J connectivity index is 1.32. The minimum absolute atomic E-state index is 0.0426. The number of hydrogen-bond donors (Lipinski definition) is 0. The van der Waals surface area contributed by atoms with E-state index >= 15 is 0 Å². The first-order chi connectivity index (χ1) is 15.2. The molecule has 31 heavy (non-hydrogen) atoms. The molecule has 0 bridgehead atoms. The molecule has 5 rings (SSSR count). The van der Waals surface area contributed by atoms with Gasteiger partial charge in [-0.15, -0.1) is 0 Å². The zero-order valence-electron chi connectivity index (χ0n) is 17.3. The van der Waals surface area contributed by atoms with Crippen LogP contribution in [0.2, 0.25) is 0 Å². The molecule has 2 aliphatic rings. The van der Waals surface area contributed by atoms with E-state index < -0.39 is 0 Å². The third-order valence-corrected chi connectivity index (χ3v) is 5.97. The van der Waals surface area contributed by atoms with Crippen LogP contribution in [0.25, 0.3) is 22.3 Å². The molecule has 0 saturated carbocycles. The van der Waals surface area contributed by atoms with Crippen molar-refractivity contribution >= 4 is 28.5 Å². The van der Waals surface area contributed by atoms with Crippen LogP contribution in [0, 0.1) is 0 Å². The molecule has 2 aliphatic heterocycles. The summed E-state index contributed by atoms with van der Waals surface area (Å²) in [7, 11) is 0. The normalized spacial score (nSPS) is 17.7. The number of piperazine rings is 1. The Labute approximate surface area is 180 Å². The van der Waals surface area contributed by atoms with Crippen LogP contribution >= 0.6 is 0 Å². The summed E-state index contributed by atoms with van der Waals surface area (Å²) in [4.78, 5) is 43.5. The second-order valence-corrected chi connectivity index (χ2v) is 7.90. The van der Waals surface area contributed by atoms with E-state index in [9.17, 15) is 9.59 Å². The Morgan fingerprint density at radius 3 is 2.35 bits per heavy atom. The van der Waals surface area contributed by atoms with E-state index in [2.05, 4.69) is 20.9 Å². The minimum Gasteiger partial charge on any atom is -0.353 e. The lowest BCUT2D eigenvalue weighted by Gasteiger charge is -2.36. The Bertz CT molecular complexity index is 1100. The van der Waals surface area contributed by atoms with Crippen LogP contribution in [0.1, 0.15) is 12.8 Å². The fourth-order valence-electron chi connectivity index (χ4n) is 4.22. The van der Waals surface area contributed by atoms with Crippen LogP contribution < -0.4 is 4.90 Å². The van der Waals surface area contributed by atoms with E-state index in [1.165, 1.54) is 4.90 Å². The first-order valence-electron chi connectivity index (χ1n) is 10.7. The number of para-hydroxylation sites is 1. The summed E-state index contributed by atoms with van der Waals surface area (Å²) in [5.41, 5.74) is 1.81. The van der Waals surface area contributed by atoms with Gasteiger partial charge in [0.2, 0.25) is 11.8 Å². The molecule has 2 fully saturated rings. The number of likely N-dealkylation sites (tertiary alicyclic amines) is 1. The van der Waals surface area contributed by atoms with Crippen molar-refractivity contribution in [2.24, 2.45) is 0 Å². The Morgan fingerprint density at radius 1 is 0.839 bits per heavy atom. The van der Waals surface area contributed by atoms with Gasteiger partial charge in [0, 0.05) is 75.5 Å². The van der Waals surface area contributed by atoms with Crippen molar-refractivity contribution in [2.45, 2.75) is 12.8 Å². The van der Waals surface area contributed by atoms with Crippen molar-refractivity contribution in [3.05, 3.63) is 48.8 Å². The Morgan fingerprint density at radius 2 is 1.61 bits per heavy atom. The lowest BCUT2D eigenvalue weighted by Crippen LogP contribution is -2.49. The number of benzene rings is 1. The van der Waals surface area contributed by atoms with Crippen LogP contribution in [0.5, 0.6) is 0 Å². The van der Waals surface area contributed by atoms with Gasteiger partial charge in [0.15, 0.2) is 5.82 Å². The fraction of sp³-hybridized carbons (Fsp3) is 0.348. The van der Waals surface area contributed by atoms with Crippen LogP contribution in [-0.2, 0) is 9.59 Å². The number of pyridine rings is 1. The van der Waals surface area contributed by atoms with Crippen molar-refractivity contribution < 1.29 is 9.59 Å². The summed E-state index contributed by atoms with van der Waals surface area (Å²) in [6.07, 6.45) is 4.24. The molecule has 8 heteroatoms. The highest BCUT2D eigenvalue weighted by molar-refractivity contribution is 6.01. The van der Waals surface area contributed by atoms with Crippen LogP contribution in [-0.4, -0.2) is 75.8 Å². The Kier molecular flexibility index (Phi) is 5.30. The maximum atomic E-state index is 11.8. The summed E-state index contributed by atoms with van der Waals surface area (Å²) in [6, 6.07) is 11.9. The van der Waals surface area contributed by atoms with Gasteiger partial charge in [0.25, 0.3) is 0 Å². The number of carbonyl (C=O) groups is 2. The quantitative estimate of drug-likeness (QED) is 0.588. The van der Waals surface area contributed by atoms with Gasteiger partial charge >= 0.3 is 0 Å². The predicted molar refractivity (Wildman–Crippen MR) is 117 cm³/mol. The number of rotatable bonds is 5. The molecule has 0 atom stereocenters. The Hall–Kier alpha value is -3.39. The maximum absolute atomic E-state index is 11.8. The summed E-state index contributed by atoms with van der Waals surface area (Å²) < 4.78 is 0. The number of hydrogen-bond acceptors (Lipinski definition) is 7. The first kappa shape index (κ1) is 19.6. The van der Waals surface area contributed by atoms with Crippen molar-refractivity contribution in [3.8, 4) is 11.4 Å². The van der Waals surface area contributed by atoms with Gasteiger partial charge in [-0.2, -0.15) is 0 Å². The SMILES string of the molecule is O=C1CCC(=O)N1CCN1CCN(c2nc(-c3cccnc3)nc3ccccc23)CC1. The second kappa shape index (κ2) is 8.39. The highest BCUT2D eigenvalue weighted by Crippen LogP contribution is 2.28. The fourth-order valence-corrected chi connectivity index (χ4v) is 4.22. The van der Waals surface area contributed by atoms with Crippen LogP contribution in [0.3, 0.4) is 0 Å². The van der Waals surface area contributed by atoms with Crippen molar-refractivity contribution in [1.82, 2.24) is 24.8 Å². The highest BCUT2D eigenvalue weighted by Gasteiger charge is 2.29. The number of carbonyl (C=O) groups excluding carboxylic acids is 2. The molecule has 0 aliphatic carbocycles. The number of fused-ring (bicyclic) bond motifs is 1. The first-order valence-corrected chi connectivity index (χ1v) is 10.7. The van der Waals surface area contributed by atoms with Gasteiger partial charge in [-0.3, -0.25) is 24.4 Å². The average molecular weight is 416 g/mol. The summed E-state index contributed by atoms with van der Waals surface area (Å²) in [5.74, 6) is 1.53. The smallest absolute Gasteiger partial charge is 0.229 e. The van der Waals surface area contributed by atoms with Crippen molar-refractivity contribution in [1.29, 1.82) is 0 Å². The summed E-state index contributed by atoms with van der Waals surface area (Å²) in [5, 5.41) is 1.04. The van der Waals surface area contributed by atoms with E-state index in [0.29, 0.717) is 25.2 Å². The molecule has 0 radical (unpaired) electrons. The standard InChI is InChI=1S/C23H24N6O2/c30-20-7-8-21(31)29(20)15-12-27-10-13-28(14-11-27)23-18-5-1-2-6-19(18)25-22(26-23)17-4-3-9-24-16-17/h1-6,9,16H,7-8,10-15H2. The van der Waals surface area contributed by atoms with E-state index in [1.807, 2.05) is 30.3 Å². The summed E-state index contributed by atoms with van der Waals surface area (Å²) in [6.45, 7) is 4.58. The number of imide groups is 1. The lowest BCUT2D eigenvalue weighted by molar-refractivity contribution is -0.138. The molecule has 158 valence electrons. The topological polar surface area (TPSA) is 82.5 Å². The lowest BCUT2D eigenvalue weighted by atomic mass is 10.2. The zero-order chi connectivity index (χ0) is 21.2. The van der Waals surface area contributed by atoms with Gasteiger partial charge in [-0.25, -0.2) is 9.97 Å². The summed E-state index contributed by atoms with van der Waals surface area (Å²) >= 11 is 0. The molecule has 0 unspecified atom stereocenters. The number of amides is 2. The highest BCUT2D eigenvalue weighted by atomic mass is 16.2. The molecule has 2 amide bonds. The monoisotopic (exact) mass is 416 g/mol. The molecular formula is C23H24N6O2. The molecule has 8 nitrogen and oxygen atoms in total. The van der Waals surface area contributed by atoms with Crippen molar-refractivity contribution in [3.63, 3.8) is 0 Å². The molecule has 3 aromatic rings. The van der Waals surface area contributed by atoms with E-state index in [-0.39, 0.29) is 11.8 Å². The van der Waals surface area contributed by atoms with Gasteiger partial charge < -0.3 is 4.90 Å². The third-order valence-electron chi connectivity index (χ3n) is 5.97. The van der Waals surface area contributed by atoms with E-state index in [1.54, 1.807) is 12.4 Å². The largest absolute Gasteiger partial charge is 0.353 e. The molecule has 4 heterocycles. The molecule has 2 aromatic heterocycles. The van der Waals surface area contributed by atoms with Gasteiger partial charge in [-0.1, -0.05) is 12.1 Å². The predicted octanol–water partition coefficient (Wildman–Crippen LogP) is 1.96. The molecule has 1 aromatic carbocycles.